The molecule has 5 heteroatoms. The van der Waals surface area contributed by atoms with E-state index in [9.17, 15) is 12.3 Å². The fourth-order valence-corrected chi connectivity index (χ4v) is 2.47. The molecule has 0 amide bonds. The first kappa shape index (κ1) is 9.67. The molecule has 0 aliphatic rings. The number of hydrogen-bond donors (Lipinski definition) is 0. The maximum Gasteiger partial charge on any atom is 0.309 e. The fourth-order valence-electron chi connectivity index (χ4n) is 0.811. The number of rotatable bonds is 2. The quantitative estimate of drug-likeness (QED) is 0.699. The maximum atomic E-state index is 12.5. The highest BCUT2D eigenvalue weighted by Crippen LogP contribution is 2.29. The molecule has 0 saturated carbocycles. The van der Waals surface area contributed by atoms with Gasteiger partial charge >= 0.3 is 10.2 Å². The summed E-state index contributed by atoms with van der Waals surface area (Å²) in [7, 11) is -4.43. The Bertz CT molecular complexity index is 367. The molecular weight excluding hydrogens is 199 g/mol. The van der Waals surface area contributed by atoms with Crippen molar-refractivity contribution in [1.82, 2.24) is 0 Å². The number of thiophene rings is 1. The molecule has 0 radical (unpaired) electrons. The van der Waals surface area contributed by atoms with Crippen molar-refractivity contribution < 1.29 is 12.3 Å². The van der Waals surface area contributed by atoms with Gasteiger partial charge in [0.2, 0.25) is 0 Å². The van der Waals surface area contributed by atoms with Gasteiger partial charge < -0.3 is 0 Å². The van der Waals surface area contributed by atoms with Crippen molar-refractivity contribution in [1.29, 1.82) is 0 Å². The minimum Gasteiger partial charge on any atom is -0.194 e. The second kappa shape index (κ2) is 3.14. The predicted octanol–water partition coefficient (Wildman–Crippen LogP) is 2.42. The first-order chi connectivity index (χ1) is 5.41. The molecule has 0 fully saturated rings. The smallest absolute Gasteiger partial charge is 0.194 e. The van der Waals surface area contributed by atoms with Gasteiger partial charge in [-0.1, -0.05) is 0 Å². The standard InChI is InChI=1S/C7H9FO2S2/c1-5-3-4-7(11-5)6(2)12(8,9)10/h3-4,6H,1-2H3. The number of hydrogen-bond acceptors (Lipinski definition) is 3. The van der Waals surface area contributed by atoms with Crippen LogP contribution in [0.2, 0.25) is 0 Å². The third kappa shape index (κ3) is 2.04. The van der Waals surface area contributed by atoms with E-state index in [1.807, 2.05) is 6.92 Å². The van der Waals surface area contributed by atoms with Crippen molar-refractivity contribution in [2.45, 2.75) is 19.1 Å². The summed E-state index contributed by atoms with van der Waals surface area (Å²) in [6, 6.07) is 3.42. The van der Waals surface area contributed by atoms with Crippen LogP contribution in [0, 0.1) is 6.92 Å². The SMILES string of the molecule is Cc1ccc(C(C)S(=O)(=O)F)s1. The van der Waals surface area contributed by atoms with E-state index in [2.05, 4.69) is 0 Å². The van der Waals surface area contributed by atoms with Crippen molar-refractivity contribution in [2.75, 3.05) is 0 Å². The van der Waals surface area contributed by atoms with Gasteiger partial charge in [-0.25, -0.2) is 0 Å². The fraction of sp³-hybridized carbons (Fsp3) is 0.429. The Labute approximate surface area is 75.3 Å². The molecule has 0 spiro atoms. The van der Waals surface area contributed by atoms with Crippen LogP contribution in [-0.4, -0.2) is 8.42 Å². The Morgan fingerprint density at radius 3 is 2.42 bits per heavy atom. The van der Waals surface area contributed by atoms with Crippen LogP contribution in [0.3, 0.4) is 0 Å². The van der Waals surface area contributed by atoms with Crippen LogP contribution in [0.1, 0.15) is 21.9 Å². The molecule has 0 saturated heterocycles. The summed E-state index contributed by atoms with van der Waals surface area (Å²) in [5.41, 5.74) is 0. The molecule has 0 aliphatic carbocycles. The van der Waals surface area contributed by atoms with Gasteiger partial charge in [0, 0.05) is 9.75 Å². The van der Waals surface area contributed by atoms with Crippen LogP contribution in [0.4, 0.5) is 3.89 Å². The van der Waals surface area contributed by atoms with E-state index in [-0.39, 0.29) is 0 Å². The molecule has 68 valence electrons. The molecular formula is C7H9FO2S2. The molecule has 12 heavy (non-hydrogen) atoms. The highest BCUT2D eigenvalue weighted by molar-refractivity contribution is 7.86. The van der Waals surface area contributed by atoms with Crippen LogP contribution in [0.15, 0.2) is 12.1 Å². The summed E-state index contributed by atoms with van der Waals surface area (Å²) < 4.78 is 33.4. The Hall–Kier alpha value is -0.420. The summed E-state index contributed by atoms with van der Waals surface area (Å²) in [5, 5.41) is -1.03. The highest BCUT2D eigenvalue weighted by Gasteiger charge is 2.22. The van der Waals surface area contributed by atoms with Crippen LogP contribution < -0.4 is 0 Å². The number of halogens is 1. The molecule has 1 aromatic heterocycles. The molecule has 0 N–H and O–H groups in total. The molecule has 0 aliphatic heterocycles. The molecule has 2 nitrogen and oxygen atoms in total. The van der Waals surface area contributed by atoms with Crippen LogP contribution in [0.5, 0.6) is 0 Å². The van der Waals surface area contributed by atoms with Crippen LogP contribution >= 0.6 is 11.3 Å². The lowest BCUT2D eigenvalue weighted by Crippen LogP contribution is -2.01. The maximum absolute atomic E-state index is 12.5. The molecule has 1 unspecified atom stereocenters. The lowest BCUT2D eigenvalue weighted by Gasteiger charge is -2.01. The van der Waals surface area contributed by atoms with Gasteiger partial charge in [0.1, 0.15) is 5.25 Å². The Kier molecular flexibility index (Phi) is 2.53. The minimum absolute atomic E-state index is 0.551. The third-order valence-electron chi connectivity index (χ3n) is 1.58. The van der Waals surface area contributed by atoms with Gasteiger partial charge in [-0.05, 0) is 26.0 Å². The summed E-state index contributed by atoms with van der Waals surface area (Å²) in [4.78, 5) is 1.54. The summed E-state index contributed by atoms with van der Waals surface area (Å²) in [6.07, 6.45) is 0. The van der Waals surface area contributed by atoms with Crippen molar-refractivity contribution in [3.8, 4) is 0 Å². The van der Waals surface area contributed by atoms with E-state index in [4.69, 9.17) is 0 Å². The Morgan fingerprint density at radius 2 is 2.08 bits per heavy atom. The molecule has 1 rings (SSSR count). The third-order valence-corrected chi connectivity index (χ3v) is 4.02. The van der Waals surface area contributed by atoms with E-state index in [0.29, 0.717) is 4.88 Å². The average molecular weight is 208 g/mol. The second-order valence-electron chi connectivity index (χ2n) is 2.57. The second-order valence-corrected chi connectivity index (χ2v) is 5.54. The van der Waals surface area contributed by atoms with Crippen molar-refractivity contribution in [2.24, 2.45) is 0 Å². The lowest BCUT2D eigenvalue weighted by atomic mass is 10.4. The topological polar surface area (TPSA) is 34.1 Å². The Balaban J connectivity index is 3.01. The first-order valence-electron chi connectivity index (χ1n) is 3.41. The zero-order chi connectivity index (χ0) is 9.35. The summed E-state index contributed by atoms with van der Waals surface area (Å²) in [6.45, 7) is 3.20. The summed E-state index contributed by atoms with van der Waals surface area (Å²) in [5.74, 6) is 0. The van der Waals surface area contributed by atoms with E-state index in [1.165, 1.54) is 18.3 Å². The van der Waals surface area contributed by atoms with E-state index < -0.39 is 15.5 Å². The van der Waals surface area contributed by atoms with Gasteiger partial charge in [-0.15, -0.1) is 15.2 Å². The Morgan fingerprint density at radius 1 is 1.50 bits per heavy atom. The van der Waals surface area contributed by atoms with Crippen LogP contribution in [-0.2, 0) is 10.2 Å². The zero-order valence-electron chi connectivity index (χ0n) is 6.74. The monoisotopic (exact) mass is 208 g/mol. The normalized spacial score (nSPS) is 14.6. The summed E-state index contributed by atoms with van der Waals surface area (Å²) >= 11 is 1.30. The molecule has 1 atom stereocenters. The average Bonchev–Trinajstić information content (AvgIpc) is 2.32. The van der Waals surface area contributed by atoms with Crippen molar-refractivity contribution >= 4 is 21.6 Å². The van der Waals surface area contributed by atoms with Gasteiger partial charge in [0.05, 0.1) is 0 Å². The predicted molar refractivity (Wildman–Crippen MR) is 47.5 cm³/mol. The lowest BCUT2D eigenvalue weighted by molar-refractivity contribution is 0.541. The van der Waals surface area contributed by atoms with Gasteiger partial charge in [0.25, 0.3) is 0 Å². The molecule has 0 aromatic carbocycles. The minimum atomic E-state index is -4.43. The zero-order valence-corrected chi connectivity index (χ0v) is 8.38. The molecule has 1 aromatic rings. The van der Waals surface area contributed by atoms with E-state index in [1.54, 1.807) is 12.1 Å². The highest BCUT2D eigenvalue weighted by atomic mass is 32.3. The molecule has 0 bridgehead atoms. The van der Waals surface area contributed by atoms with Gasteiger partial charge in [0.15, 0.2) is 0 Å². The number of aryl methyl sites for hydroxylation is 1. The first-order valence-corrected chi connectivity index (χ1v) is 5.67. The van der Waals surface area contributed by atoms with Crippen LogP contribution in [0.25, 0.3) is 0 Å². The van der Waals surface area contributed by atoms with Crippen molar-refractivity contribution in [3.63, 3.8) is 0 Å². The van der Waals surface area contributed by atoms with E-state index >= 15 is 0 Å². The van der Waals surface area contributed by atoms with E-state index in [0.717, 1.165) is 4.88 Å². The largest absolute Gasteiger partial charge is 0.309 e. The van der Waals surface area contributed by atoms with Gasteiger partial charge in [-0.3, -0.25) is 0 Å². The molecule has 1 heterocycles. The van der Waals surface area contributed by atoms with Gasteiger partial charge in [-0.2, -0.15) is 8.42 Å². The van der Waals surface area contributed by atoms with Crippen molar-refractivity contribution in [3.05, 3.63) is 21.9 Å².